The van der Waals surface area contributed by atoms with Gasteiger partial charge in [-0.3, -0.25) is 0 Å². The summed E-state index contributed by atoms with van der Waals surface area (Å²) in [6, 6.07) is 5.60. The molecule has 0 amide bonds. The molecule has 4 heteroatoms. The van der Waals surface area contributed by atoms with Crippen molar-refractivity contribution in [2.45, 2.75) is 13.3 Å². The third-order valence-electron chi connectivity index (χ3n) is 2.18. The first-order chi connectivity index (χ1) is 7.35. The normalized spacial score (nSPS) is 10.8. The molecule has 0 aliphatic rings. The number of benzene rings is 1. The molecule has 0 spiro atoms. The maximum atomic E-state index is 8.83. The topological polar surface area (TPSA) is 55.5 Å². The molecular formula is C11H13NO3. The zero-order valence-corrected chi connectivity index (χ0v) is 8.56. The molecule has 0 radical (unpaired) electrons. The molecule has 0 atom stereocenters. The van der Waals surface area contributed by atoms with Crippen molar-refractivity contribution < 1.29 is 14.4 Å². The molecule has 4 nitrogen and oxygen atoms in total. The van der Waals surface area contributed by atoms with Gasteiger partial charge in [0.1, 0.15) is 5.75 Å². The summed E-state index contributed by atoms with van der Waals surface area (Å²) in [6.45, 7) is 2.64. The maximum absolute atomic E-state index is 8.83. The molecule has 0 saturated heterocycles. The second kappa shape index (κ2) is 4.31. The number of hydrogen-bond acceptors (Lipinski definition) is 4. The van der Waals surface area contributed by atoms with Crippen LogP contribution in [0.1, 0.15) is 12.6 Å². The van der Waals surface area contributed by atoms with Crippen molar-refractivity contribution in [1.29, 1.82) is 0 Å². The fourth-order valence-electron chi connectivity index (χ4n) is 1.51. The first-order valence-electron chi connectivity index (χ1n) is 4.97. The van der Waals surface area contributed by atoms with E-state index in [2.05, 4.69) is 5.16 Å². The molecule has 1 heterocycles. The van der Waals surface area contributed by atoms with Gasteiger partial charge in [0.2, 0.25) is 0 Å². The van der Waals surface area contributed by atoms with Crippen LogP contribution in [-0.4, -0.2) is 23.5 Å². The number of aliphatic hydroxyl groups is 1. The summed E-state index contributed by atoms with van der Waals surface area (Å²) in [5.74, 6) is 0.775. The lowest BCUT2D eigenvalue weighted by Gasteiger charge is -2.00. The molecule has 0 bridgehead atoms. The molecule has 0 fully saturated rings. The highest BCUT2D eigenvalue weighted by atomic mass is 16.5. The summed E-state index contributed by atoms with van der Waals surface area (Å²) < 4.78 is 10.5. The molecule has 15 heavy (non-hydrogen) atoms. The third kappa shape index (κ3) is 1.94. The average molecular weight is 207 g/mol. The predicted octanol–water partition coefficient (Wildman–Crippen LogP) is 1.76. The van der Waals surface area contributed by atoms with Crippen LogP contribution in [0.25, 0.3) is 11.0 Å². The SMILES string of the molecule is CCOc1ccc2c(CCO)noc2c1. The number of aromatic nitrogens is 1. The monoisotopic (exact) mass is 207 g/mol. The van der Waals surface area contributed by atoms with Crippen molar-refractivity contribution in [3.05, 3.63) is 23.9 Å². The lowest BCUT2D eigenvalue weighted by atomic mass is 10.2. The average Bonchev–Trinajstić information content (AvgIpc) is 2.62. The van der Waals surface area contributed by atoms with Crippen LogP contribution in [0.5, 0.6) is 5.75 Å². The van der Waals surface area contributed by atoms with Gasteiger partial charge >= 0.3 is 0 Å². The van der Waals surface area contributed by atoms with Crippen LogP contribution in [0.4, 0.5) is 0 Å². The Morgan fingerprint density at radius 2 is 2.33 bits per heavy atom. The first kappa shape index (κ1) is 9.98. The van der Waals surface area contributed by atoms with Crippen molar-refractivity contribution in [1.82, 2.24) is 5.16 Å². The van der Waals surface area contributed by atoms with E-state index in [1.165, 1.54) is 0 Å². The van der Waals surface area contributed by atoms with Gasteiger partial charge in [-0.15, -0.1) is 0 Å². The van der Waals surface area contributed by atoms with E-state index in [-0.39, 0.29) is 6.61 Å². The van der Waals surface area contributed by atoms with Crippen molar-refractivity contribution in [2.24, 2.45) is 0 Å². The Balaban J connectivity index is 2.38. The van der Waals surface area contributed by atoms with Crippen LogP contribution in [0, 0.1) is 0 Å². The maximum Gasteiger partial charge on any atom is 0.170 e. The van der Waals surface area contributed by atoms with Crippen LogP contribution in [0.2, 0.25) is 0 Å². The fraction of sp³-hybridized carbons (Fsp3) is 0.364. The summed E-state index contributed by atoms with van der Waals surface area (Å²) in [6.07, 6.45) is 0.515. The van der Waals surface area contributed by atoms with Gasteiger partial charge in [0.25, 0.3) is 0 Å². The van der Waals surface area contributed by atoms with Crippen molar-refractivity contribution in [3.63, 3.8) is 0 Å². The van der Waals surface area contributed by atoms with Crippen LogP contribution in [-0.2, 0) is 6.42 Å². The molecule has 1 aromatic heterocycles. The van der Waals surface area contributed by atoms with E-state index in [1.54, 1.807) is 0 Å². The van der Waals surface area contributed by atoms with Gasteiger partial charge in [-0.2, -0.15) is 0 Å². The Bertz CT molecular complexity index is 450. The summed E-state index contributed by atoms with van der Waals surface area (Å²) in [4.78, 5) is 0. The van der Waals surface area contributed by atoms with E-state index in [4.69, 9.17) is 14.4 Å². The van der Waals surface area contributed by atoms with Crippen molar-refractivity contribution >= 4 is 11.0 Å². The standard InChI is InChI=1S/C11H13NO3/c1-2-14-8-3-4-9-10(5-6-13)12-15-11(9)7-8/h3-4,7,13H,2,5-6H2,1H3. The molecule has 1 aromatic carbocycles. The highest BCUT2D eigenvalue weighted by Gasteiger charge is 2.08. The molecule has 0 aliphatic heterocycles. The summed E-state index contributed by atoms with van der Waals surface area (Å²) in [7, 11) is 0. The predicted molar refractivity (Wildman–Crippen MR) is 56.0 cm³/mol. The number of aliphatic hydroxyl groups excluding tert-OH is 1. The summed E-state index contributed by atoms with van der Waals surface area (Å²) in [5, 5.41) is 13.7. The lowest BCUT2D eigenvalue weighted by Crippen LogP contribution is -1.92. The molecule has 1 N–H and O–H groups in total. The van der Waals surface area contributed by atoms with E-state index in [0.29, 0.717) is 18.6 Å². The summed E-state index contributed by atoms with van der Waals surface area (Å²) >= 11 is 0. The van der Waals surface area contributed by atoms with Crippen molar-refractivity contribution in [2.75, 3.05) is 13.2 Å². The highest BCUT2D eigenvalue weighted by Crippen LogP contribution is 2.23. The van der Waals surface area contributed by atoms with E-state index < -0.39 is 0 Å². The number of nitrogens with zero attached hydrogens (tertiary/aromatic N) is 1. The quantitative estimate of drug-likeness (QED) is 0.830. The Kier molecular flexibility index (Phi) is 2.87. The molecule has 0 aliphatic carbocycles. The molecule has 0 unspecified atom stereocenters. The van der Waals surface area contributed by atoms with Gasteiger partial charge in [-0.05, 0) is 19.1 Å². The smallest absolute Gasteiger partial charge is 0.170 e. The highest BCUT2D eigenvalue weighted by molar-refractivity contribution is 5.80. The van der Waals surface area contributed by atoms with E-state index >= 15 is 0 Å². The number of fused-ring (bicyclic) bond motifs is 1. The molecule has 2 aromatic rings. The molecule has 0 saturated carbocycles. The van der Waals surface area contributed by atoms with Gasteiger partial charge in [-0.25, -0.2) is 0 Å². The van der Waals surface area contributed by atoms with Gasteiger partial charge in [0, 0.05) is 24.5 Å². The third-order valence-corrected chi connectivity index (χ3v) is 2.18. The Morgan fingerprint density at radius 3 is 3.07 bits per heavy atom. The van der Waals surface area contributed by atoms with Crippen molar-refractivity contribution in [3.8, 4) is 5.75 Å². The minimum atomic E-state index is 0.0782. The number of hydrogen-bond donors (Lipinski definition) is 1. The van der Waals surface area contributed by atoms with Gasteiger partial charge in [-0.1, -0.05) is 5.16 Å². The van der Waals surface area contributed by atoms with E-state index in [0.717, 1.165) is 16.8 Å². The first-order valence-corrected chi connectivity index (χ1v) is 4.97. The van der Waals surface area contributed by atoms with Gasteiger partial charge in [0.15, 0.2) is 5.58 Å². The van der Waals surface area contributed by atoms with Crippen LogP contribution >= 0.6 is 0 Å². The van der Waals surface area contributed by atoms with E-state index in [1.807, 2.05) is 25.1 Å². The zero-order chi connectivity index (χ0) is 10.7. The lowest BCUT2D eigenvalue weighted by molar-refractivity contribution is 0.295. The zero-order valence-electron chi connectivity index (χ0n) is 8.56. The fourth-order valence-corrected chi connectivity index (χ4v) is 1.51. The Morgan fingerprint density at radius 1 is 1.47 bits per heavy atom. The van der Waals surface area contributed by atoms with Gasteiger partial charge < -0.3 is 14.4 Å². The molecule has 80 valence electrons. The minimum absolute atomic E-state index is 0.0782. The number of ether oxygens (including phenoxy) is 1. The second-order valence-electron chi connectivity index (χ2n) is 3.19. The second-order valence-corrected chi connectivity index (χ2v) is 3.19. The number of rotatable bonds is 4. The Labute approximate surface area is 87.4 Å². The largest absolute Gasteiger partial charge is 0.494 e. The molecular weight excluding hydrogens is 194 g/mol. The van der Waals surface area contributed by atoms with Crippen LogP contribution in [0.15, 0.2) is 22.7 Å². The van der Waals surface area contributed by atoms with Gasteiger partial charge in [0.05, 0.1) is 12.3 Å². The molecule has 2 rings (SSSR count). The summed E-state index contributed by atoms with van der Waals surface area (Å²) in [5.41, 5.74) is 1.49. The minimum Gasteiger partial charge on any atom is -0.494 e. The van der Waals surface area contributed by atoms with Crippen LogP contribution < -0.4 is 4.74 Å². The Hall–Kier alpha value is -1.55. The van der Waals surface area contributed by atoms with E-state index in [9.17, 15) is 0 Å². The van der Waals surface area contributed by atoms with Crippen LogP contribution in [0.3, 0.4) is 0 Å².